The summed E-state index contributed by atoms with van der Waals surface area (Å²) >= 11 is 0. The number of rotatable bonds is 4. The summed E-state index contributed by atoms with van der Waals surface area (Å²) in [5, 5.41) is 0. The molecule has 0 aliphatic carbocycles. The maximum Gasteiger partial charge on any atom is 0.238 e. The van der Waals surface area contributed by atoms with E-state index < -0.39 is 16.8 Å². The van der Waals surface area contributed by atoms with Gasteiger partial charge in [-0.25, -0.2) is 0 Å². The van der Waals surface area contributed by atoms with Crippen molar-refractivity contribution < 1.29 is 9.00 Å². The minimum Gasteiger partial charge on any atom is -0.347 e. The average molecular weight is 192 g/mol. The highest BCUT2D eigenvalue weighted by Gasteiger charge is 2.14. The Kier molecular flexibility index (Phi) is 5.08. The van der Waals surface area contributed by atoms with Gasteiger partial charge in [-0.3, -0.25) is 9.00 Å². The van der Waals surface area contributed by atoms with Gasteiger partial charge in [0.2, 0.25) is 5.91 Å². The van der Waals surface area contributed by atoms with Crippen LogP contribution in [0, 0.1) is 0 Å². The lowest BCUT2D eigenvalue weighted by Gasteiger charge is -2.15. The van der Waals surface area contributed by atoms with Crippen LogP contribution in [-0.2, 0) is 15.6 Å². The van der Waals surface area contributed by atoms with Gasteiger partial charge in [-0.05, 0) is 6.42 Å². The zero-order valence-electron chi connectivity index (χ0n) is 7.74. The van der Waals surface area contributed by atoms with Crippen LogP contribution in [0.5, 0.6) is 0 Å². The summed E-state index contributed by atoms with van der Waals surface area (Å²) in [5.74, 6) is 0.376. The third kappa shape index (κ3) is 4.46. The fourth-order valence-electron chi connectivity index (χ4n) is 0.748. The van der Waals surface area contributed by atoms with Gasteiger partial charge >= 0.3 is 0 Å². The Morgan fingerprint density at radius 2 is 2.08 bits per heavy atom. The molecule has 2 atom stereocenters. The predicted octanol–water partition coefficient (Wildman–Crippen LogP) is -0.829. The maximum absolute atomic E-state index is 11.2. The van der Waals surface area contributed by atoms with Crippen LogP contribution in [0.2, 0.25) is 0 Å². The van der Waals surface area contributed by atoms with Crippen molar-refractivity contribution in [1.82, 2.24) is 4.90 Å². The van der Waals surface area contributed by atoms with Crippen LogP contribution in [-0.4, -0.2) is 47.2 Å². The van der Waals surface area contributed by atoms with E-state index in [4.69, 9.17) is 5.73 Å². The molecule has 0 fully saturated rings. The molecule has 0 aromatic rings. The lowest BCUT2D eigenvalue weighted by atomic mass is 10.2. The predicted molar refractivity (Wildman–Crippen MR) is 50.2 cm³/mol. The maximum atomic E-state index is 11.2. The van der Waals surface area contributed by atoms with Gasteiger partial charge in [0.05, 0.1) is 6.04 Å². The van der Waals surface area contributed by atoms with Crippen molar-refractivity contribution >= 4 is 16.7 Å². The molecule has 2 N–H and O–H groups in total. The summed E-state index contributed by atoms with van der Waals surface area (Å²) in [4.78, 5) is 12.6. The summed E-state index contributed by atoms with van der Waals surface area (Å²) in [5.41, 5.74) is 5.54. The van der Waals surface area contributed by atoms with Crippen molar-refractivity contribution in [2.45, 2.75) is 12.5 Å². The first kappa shape index (κ1) is 11.6. The van der Waals surface area contributed by atoms with Gasteiger partial charge in [0.25, 0.3) is 0 Å². The van der Waals surface area contributed by atoms with Crippen LogP contribution in [0.3, 0.4) is 0 Å². The van der Waals surface area contributed by atoms with Crippen molar-refractivity contribution in [2.75, 3.05) is 26.1 Å². The van der Waals surface area contributed by atoms with Gasteiger partial charge in [0.15, 0.2) is 0 Å². The van der Waals surface area contributed by atoms with Crippen molar-refractivity contribution in [1.29, 1.82) is 0 Å². The summed E-state index contributed by atoms with van der Waals surface area (Å²) in [6, 6.07) is -0.510. The molecular formula is C7H16N2O2S. The van der Waals surface area contributed by atoms with Gasteiger partial charge < -0.3 is 10.6 Å². The number of carbonyl (C=O) groups excluding carboxylic acids is 1. The van der Waals surface area contributed by atoms with Gasteiger partial charge in [-0.2, -0.15) is 0 Å². The van der Waals surface area contributed by atoms with Crippen molar-refractivity contribution in [3.63, 3.8) is 0 Å². The SMILES string of the molecule is CN(C)C(=O)C(N)CCS(C)=O. The number of hydrogen-bond acceptors (Lipinski definition) is 3. The van der Waals surface area contributed by atoms with Gasteiger partial charge in [-0.1, -0.05) is 0 Å². The summed E-state index contributed by atoms with van der Waals surface area (Å²) in [6.07, 6.45) is 2.09. The molecule has 72 valence electrons. The molecule has 0 aliphatic rings. The molecule has 0 saturated carbocycles. The Labute approximate surface area is 75.6 Å². The highest BCUT2D eigenvalue weighted by molar-refractivity contribution is 7.84. The van der Waals surface area contributed by atoms with Crippen LogP contribution >= 0.6 is 0 Å². The lowest BCUT2D eigenvalue weighted by Crippen LogP contribution is -2.40. The van der Waals surface area contributed by atoms with E-state index in [9.17, 15) is 9.00 Å². The van der Waals surface area contributed by atoms with Crippen LogP contribution < -0.4 is 5.73 Å². The first-order valence-corrected chi connectivity index (χ1v) is 5.44. The molecule has 0 aliphatic heterocycles. The molecule has 0 rings (SSSR count). The molecule has 0 saturated heterocycles. The van der Waals surface area contributed by atoms with E-state index >= 15 is 0 Å². The van der Waals surface area contributed by atoms with Crippen LogP contribution in [0.4, 0.5) is 0 Å². The highest BCUT2D eigenvalue weighted by Crippen LogP contribution is 1.94. The summed E-state index contributed by atoms with van der Waals surface area (Å²) in [6.45, 7) is 0. The van der Waals surface area contributed by atoms with E-state index in [2.05, 4.69) is 0 Å². The van der Waals surface area contributed by atoms with E-state index in [1.807, 2.05) is 0 Å². The number of amides is 1. The van der Waals surface area contributed by atoms with Crippen molar-refractivity contribution in [3.8, 4) is 0 Å². The smallest absolute Gasteiger partial charge is 0.238 e. The molecule has 5 heteroatoms. The minimum absolute atomic E-state index is 0.111. The summed E-state index contributed by atoms with van der Waals surface area (Å²) < 4.78 is 10.7. The third-order valence-electron chi connectivity index (χ3n) is 1.47. The fraction of sp³-hybridized carbons (Fsp3) is 0.857. The lowest BCUT2D eigenvalue weighted by molar-refractivity contribution is -0.130. The monoisotopic (exact) mass is 192 g/mol. The topological polar surface area (TPSA) is 63.4 Å². The second-order valence-electron chi connectivity index (χ2n) is 2.91. The number of nitrogens with two attached hydrogens (primary N) is 1. The zero-order valence-corrected chi connectivity index (χ0v) is 8.56. The number of nitrogens with zero attached hydrogens (tertiary/aromatic N) is 1. The minimum atomic E-state index is -0.867. The Balaban J connectivity index is 3.79. The number of hydrogen-bond donors (Lipinski definition) is 1. The normalized spacial score (nSPS) is 15.3. The second-order valence-corrected chi connectivity index (χ2v) is 4.46. The fourth-order valence-corrected chi connectivity index (χ4v) is 1.33. The Morgan fingerprint density at radius 1 is 1.58 bits per heavy atom. The largest absolute Gasteiger partial charge is 0.347 e. The third-order valence-corrected chi connectivity index (χ3v) is 2.28. The highest BCUT2D eigenvalue weighted by atomic mass is 32.2. The molecule has 0 bridgehead atoms. The Hall–Kier alpha value is -0.420. The van der Waals surface area contributed by atoms with Crippen molar-refractivity contribution in [3.05, 3.63) is 0 Å². The zero-order chi connectivity index (χ0) is 9.72. The van der Waals surface area contributed by atoms with Crippen LogP contribution in [0.15, 0.2) is 0 Å². The molecule has 12 heavy (non-hydrogen) atoms. The molecule has 0 radical (unpaired) electrons. The molecule has 4 nitrogen and oxygen atoms in total. The first-order chi connectivity index (χ1) is 5.45. The number of carbonyl (C=O) groups is 1. The van der Waals surface area contributed by atoms with E-state index in [1.54, 1.807) is 20.4 Å². The molecule has 0 heterocycles. The van der Waals surface area contributed by atoms with E-state index in [0.29, 0.717) is 12.2 Å². The molecular weight excluding hydrogens is 176 g/mol. The average Bonchev–Trinajstić information content (AvgIpc) is 1.98. The summed E-state index contributed by atoms with van der Waals surface area (Å²) in [7, 11) is 2.45. The molecule has 0 aromatic heterocycles. The van der Waals surface area contributed by atoms with E-state index in [-0.39, 0.29) is 5.91 Å². The standard InChI is InChI=1S/C7H16N2O2S/c1-9(2)7(10)6(8)4-5-12(3)11/h6H,4-5,8H2,1-3H3. The van der Waals surface area contributed by atoms with Crippen molar-refractivity contribution in [2.24, 2.45) is 5.73 Å². The Bertz CT molecular complexity index is 182. The van der Waals surface area contributed by atoms with Crippen LogP contribution in [0.1, 0.15) is 6.42 Å². The van der Waals surface area contributed by atoms with E-state index in [0.717, 1.165) is 0 Å². The quantitative estimate of drug-likeness (QED) is 0.632. The molecule has 2 unspecified atom stereocenters. The molecule has 0 spiro atoms. The number of likely N-dealkylation sites (N-methyl/N-ethyl adjacent to an activating group) is 1. The second kappa shape index (κ2) is 5.27. The van der Waals surface area contributed by atoms with Crippen LogP contribution in [0.25, 0.3) is 0 Å². The molecule has 0 aromatic carbocycles. The van der Waals surface area contributed by atoms with Gasteiger partial charge in [0, 0.05) is 36.9 Å². The Morgan fingerprint density at radius 3 is 2.42 bits per heavy atom. The van der Waals surface area contributed by atoms with Gasteiger partial charge in [0.1, 0.15) is 0 Å². The first-order valence-electron chi connectivity index (χ1n) is 3.72. The molecule has 1 amide bonds. The van der Waals surface area contributed by atoms with E-state index in [1.165, 1.54) is 4.90 Å². The van der Waals surface area contributed by atoms with Gasteiger partial charge in [-0.15, -0.1) is 0 Å².